The Morgan fingerprint density at radius 1 is 0.963 bits per heavy atom. The second kappa shape index (κ2) is 8.59. The molecule has 4 nitrogen and oxygen atoms in total. The Kier molecular flexibility index (Phi) is 5.75. The minimum absolute atomic E-state index is 0.189. The summed E-state index contributed by atoms with van der Waals surface area (Å²) >= 11 is 3.28. The minimum atomic E-state index is -0.222. The van der Waals surface area contributed by atoms with Crippen LogP contribution in [0.1, 0.15) is 10.8 Å². The van der Waals surface area contributed by atoms with Gasteiger partial charge in [0, 0.05) is 42.7 Å². The monoisotopic (exact) mass is 395 g/mol. The summed E-state index contributed by atoms with van der Waals surface area (Å²) in [6.07, 6.45) is 1.83. The van der Waals surface area contributed by atoms with Crippen molar-refractivity contribution in [1.29, 1.82) is 0 Å². The molecular formula is C21H21N3OS2. The van der Waals surface area contributed by atoms with Gasteiger partial charge in [0.05, 0.1) is 0 Å². The molecule has 1 amide bonds. The number of nitrogens with zero attached hydrogens (tertiary/aromatic N) is 3. The number of carbonyl (C=O) groups excluding carboxylic acids is 1. The van der Waals surface area contributed by atoms with Crippen LogP contribution in [-0.2, 0) is 4.79 Å². The quantitative estimate of drug-likeness (QED) is 0.603. The maximum Gasteiger partial charge on any atom is 0.240 e. The zero-order chi connectivity index (χ0) is 18.5. The van der Waals surface area contributed by atoms with Gasteiger partial charge >= 0.3 is 0 Å². The number of benzene rings is 2. The highest BCUT2D eigenvalue weighted by Gasteiger charge is 2.29. The van der Waals surface area contributed by atoms with E-state index in [1.807, 2.05) is 65.0 Å². The number of rotatable bonds is 5. The Labute approximate surface area is 167 Å². The molecule has 1 atom stereocenters. The standard InChI is InChI=1S/C21H21N3OS2/c25-20(23-12-14-24(15-13-23)21-22-11-16-26-21)19(17-7-3-1-4-8-17)27-18-9-5-2-6-10-18/h1-11,16,19H,12-15H2/t19-/m1/s1. The van der Waals surface area contributed by atoms with Crippen molar-refractivity contribution in [3.63, 3.8) is 0 Å². The highest BCUT2D eigenvalue weighted by Crippen LogP contribution is 2.37. The second-order valence-corrected chi connectivity index (χ2v) is 8.40. The topological polar surface area (TPSA) is 36.4 Å². The van der Waals surface area contributed by atoms with Crippen LogP contribution in [0.15, 0.2) is 77.1 Å². The first-order valence-electron chi connectivity index (χ1n) is 9.01. The Bertz CT molecular complexity index is 848. The summed E-state index contributed by atoms with van der Waals surface area (Å²) in [5.41, 5.74) is 1.05. The minimum Gasteiger partial charge on any atom is -0.345 e. The van der Waals surface area contributed by atoms with Crippen LogP contribution in [0.2, 0.25) is 0 Å². The summed E-state index contributed by atoms with van der Waals surface area (Å²) < 4.78 is 0. The molecule has 1 fully saturated rings. The highest BCUT2D eigenvalue weighted by atomic mass is 32.2. The van der Waals surface area contributed by atoms with Crippen molar-refractivity contribution in [3.05, 3.63) is 77.8 Å². The lowest BCUT2D eigenvalue weighted by atomic mass is 10.1. The van der Waals surface area contributed by atoms with E-state index in [-0.39, 0.29) is 11.2 Å². The van der Waals surface area contributed by atoms with Gasteiger partial charge < -0.3 is 9.80 Å². The SMILES string of the molecule is O=C([C@H](Sc1ccccc1)c1ccccc1)N1CCN(c2nccs2)CC1. The zero-order valence-electron chi connectivity index (χ0n) is 14.9. The summed E-state index contributed by atoms with van der Waals surface area (Å²) in [7, 11) is 0. The summed E-state index contributed by atoms with van der Waals surface area (Å²) in [4.78, 5) is 23.1. The molecule has 2 heterocycles. The molecule has 27 heavy (non-hydrogen) atoms. The van der Waals surface area contributed by atoms with Crippen LogP contribution in [0.25, 0.3) is 0 Å². The summed E-state index contributed by atoms with van der Waals surface area (Å²) in [5.74, 6) is 0.189. The molecule has 1 saturated heterocycles. The van der Waals surface area contributed by atoms with Crippen LogP contribution in [0.3, 0.4) is 0 Å². The highest BCUT2D eigenvalue weighted by molar-refractivity contribution is 8.00. The first kappa shape index (κ1) is 18.1. The van der Waals surface area contributed by atoms with Crippen molar-refractivity contribution in [2.75, 3.05) is 31.1 Å². The third-order valence-electron chi connectivity index (χ3n) is 4.60. The molecule has 0 spiro atoms. The van der Waals surface area contributed by atoms with Crippen LogP contribution in [-0.4, -0.2) is 42.0 Å². The Balaban J connectivity index is 1.49. The number of thiazole rings is 1. The maximum absolute atomic E-state index is 13.4. The van der Waals surface area contributed by atoms with E-state index in [4.69, 9.17) is 0 Å². The van der Waals surface area contributed by atoms with E-state index in [0.29, 0.717) is 0 Å². The fourth-order valence-electron chi connectivity index (χ4n) is 3.18. The van der Waals surface area contributed by atoms with Crippen molar-refractivity contribution in [1.82, 2.24) is 9.88 Å². The third kappa shape index (κ3) is 4.34. The van der Waals surface area contributed by atoms with Crippen molar-refractivity contribution in [3.8, 4) is 0 Å². The molecule has 3 aromatic rings. The van der Waals surface area contributed by atoms with E-state index in [1.165, 1.54) is 0 Å². The summed E-state index contributed by atoms with van der Waals surface area (Å²) in [6, 6.07) is 20.2. The van der Waals surface area contributed by atoms with Crippen molar-refractivity contribution in [2.45, 2.75) is 10.1 Å². The summed E-state index contributed by atoms with van der Waals surface area (Å²) in [5, 5.41) is 2.81. The van der Waals surface area contributed by atoms with Gasteiger partial charge in [-0.25, -0.2) is 4.98 Å². The van der Waals surface area contributed by atoms with Crippen LogP contribution < -0.4 is 4.90 Å². The maximum atomic E-state index is 13.4. The lowest BCUT2D eigenvalue weighted by molar-refractivity contribution is -0.131. The average Bonchev–Trinajstić information content (AvgIpc) is 3.28. The van der Waals surface area contributed by atoms with Gasteiger partial charge in [0.15, 0.2) is 5.13 Å². The number of hydrogen-bond acceptors (Lipinski definition) is 5. The van der Waals surface area contributed by atoms with E-state index >= 15 is 0 Å². The van der Waals surface area contributed by atoms with Crippen molar-refractivity contribution >= 4 is 34.1 Å². The lowest BCUT2D eigenvalue weighted by Gasteiger charge is -2.36. The molecule has 0 bridgehead atoms. The van der Waals surface area contributed by atoms with E-state index < -0.39 is 0 Å². The molecule has 1 aliphatic heterocycles. The number of hydrogen-bond donors (Lipinski definition) is 0. The number of piperazine rings is 1. The predicted molar refractivity (Wildman–Crippen MR) is 112 cm³/mol. The molecule has 4 rings (SSSR count). The van der Waals surface area contributed by atoms with Gasteiger partial charge in [0.25, 0.3) is 0 Å². The molecule has 2 aromatic carbocycles. The largest absolute Gasteiger partial charge is 0.345 e. The van der Waals surface area contributed by atoms with Crippen LogP contribution in [0.4, 0.5) is 5.13 Å². The normalized spacial score (nSPS) is 15.6. The van der Waals surface area contributed by atoms with Gasteiger partial charge in [0.2, 0.25) is 5.91 Å². The van der Waals surface area contributed by atoms with Crippen LogP contribution in [0, 0.1) is 0 Å². The molecule has 6 heteroatoms. The molecule has 0 unspecified atom stereocenters. The van der Waals surface area contributed by atoms with E-state index in [2.05, 4.69) is 22.0 Å². The number of amides is 1. The first-order chi connectivity index (χ1) is 13.3. The first-order valence-corrected chi connectivity index (χ1v) is 10.8. The number of anilines is 1. The van der Waals surface area contributed by atoms with E-state index in [0.717, 1.165) is 41.8 Å². The summed E-state index contributed by atoms with van der Waals surface area (Å²) in [6.45, 7) is 3.13. The molecule has 0 aliphatic carbocycles. The van der Waals surface area contributed by atoms with Crippen LogP contribution in [0.5, 0.6) is 0 Å². The Hall–Kier alpha value is -2.31. The number of aromatic nitrogens is 1. The third-order valence-corrected chi connectivity index (χ3v) is 6.69. The van der Waals surface area contributed by atoms with Gasteiger partial charge in [-0.1, -0.05) is 48.5 Å². The number of carbonyl (C=O) groups is 1. The smallest absolute Gasteiger partial charge is 0.240 e. The second-order valence-electron chi connectivity index (χ2n) is 6.35. The number of thioether (sulfide) groups is 1. The Morgan fingerprint density at radius 2 is 1.63 bits per heavy atom. The predicted octanol–water partition coefficient (Wildman–Crippen LogP) is 4.33. The molecule has 1 aliphatic rings. The lowest BCUT2D eigenvalue weighted by Crippen LogP contribution is -2.49. The molecular weight excluding hydrogens is 374 g/mol. The zero-order valence-corrected chi connectivity index (χ0v) is 16.5. The Morgan fingerprint density at radius 3 is 2.26 bits per heavy atom. The van der Waals surface area contributed by atoms with Gasteiger partial charge in [-0.15, -0.1) is 23.1 Å². The molecule has 0 saturated carbocycles. The van der Waals surface area contributed by atoms with Gasteiger partial charge in [-0.2, -0.15) is 0 Å². The van der Waals surface area contributed by atoms with Gasteiger partial charge in [-0.3, -0.25) is 4.79 Å². The van der Waals surface area contributed by atoms with E-state index in [9.17, 15) is 4.79 Å². The molecule has 0 N–H and O–H groups in total. The van der Waals surface area contributed by atoms with Gasteiger partial charge in [0.1, 0.15) is 5.25 Å². The van der Waals surface area contributed by atoms with Crippen molar-refractivity contribution < 1.29 is 4.79 Å². The van der Waals surface area contributed by atoms with Gasteiger partial charge in [-0.05, 0) is 17.7 Å². The fourth-order valence-corrected chi connectivity index (χ4v) is 5.01. The van der Waals surface area contributed by atoms with Crippen LogP contribution >= 0.6 is 23.1 Å². The fraction of sp³-hybridized carbons (Fsp3) is 0.238. The van der Waals surface area contributed by atoms with E-state index in [1.54, 1.807) is 23.1 Å². The average molecular weight is 396 g/mol. The molecule has 0 radical (unpaired) electrons. The molecule has 138 valence electrons. The van der Waals surface area contributed by atoms with Crippen molar-refractivity contribution in [2.24, 2.45) is 0 Å². The molecule has 1 aromatic heterocycles.